The Hall–Kier alpha value is -3.32. The minimum Gasteiger partial charge on any atom is -0.419 e. The third kappa shape index (κ3) is 5.20. The number of carbonyl (C=O) groups excluding carboxylic acids is 2. The van der Waals surface area contributed by atoms with Crippen LogP contribution >= 0.6 is 15.9 Å². The maximum Gasteiger partial charge on any atom is 0.439 e. The van der Waals surface area contributed by atoms with Gasteiger partial charge in [-0.1, -0.05) is 70.5 Å². The van der Waals surface area contributed by atoms with E-state index in [4.69, 9.17) is 14.2 Å². The highest BCUT2D eigenvalue weighted by Crippen LogP contribution is 2.37. The van der Waals surface area contributed by atoms with E-state index in [1.165, 1.54) is 4.90 Å². The maximum absolute atomic E-state index is 13.1. The number of imide groups is 1. The number of halogens is 1. The molecule has 1 fully saturated rings. The molecule has 0 radical (unpaired) electrons. The number of ether oxygens (including phenoxy) is 3. The van der Waals surface area contributed by atoms with Crippen molar-refractivity contribution in [2.24, 2.45) is 0 Å². The molecule has 2 atom stereocenters. The van der Waals surface area contributed by atoms with Crippen molar-refractivity contribution in [3.8, 4) is 17.2 Å². The number of hydrogen-bond acceptors (Lipinski definition) is 5. The van der Waals surface area contributed by atoms with Crippen LogP contribution < -0.4 is 14.2 Å². The van der Waals surface area contributed by atoms with Crippen molar-refractivity contribution in [1.29, 1.82) is 0 Å². The van der Waals surface area contributed by atoms with Gasteiger partial charge in [0.25, 0.3) is 0 Å². The van der Waals surface area contributed by atoms with Crippen LogP contribution in [0.4, 0.5) is 0 Å². The number of hydrogen-bond donors (Lipinski definition) is 0. The van der Waals surface area contributed by atoms with Crippen LogP contribution in [-0.2, 0) is 9.59 Å². The molecule has 33 heavy (non-hydrogen) atoms. The Morgan fingerprint density at radius 1 is 0.848 bits per heavy atom. The fourth-order valence-corrected chi connectivity index (χ4v) is 3.93. The molecule has 4 rings (SSSR count). The van der Waals surface area contributed by atoms with Gasteiger partial charge in [0.15, 0.2) is 6.04 Å². The summed E-state index contributed by atoms with van der Waals surface area (Å²) in [5.74, 6) is -1.08. The Labute approximate surface area is 201 Å². The SMILES string of the molecule is CC(Br)C(=O)N1C(=O)CC[C@@H]1C(Oc1ccccc1)(Oc1ccccc1)Oc1ccccc1. The molecule has 0 N–H and O–H groups in total. The van der Waals surface area contributed by atoms with Gasteiger partial charge in [0.1, 0.15) is 17.2 Å². The quantitative estimate of drug-likeness (QED) is 0.309. The Kier molecular flexibility index (Phi) is 6.99. The molecule has 0 aliphatic carbocycles. The van der Waals surface area contributed by atoms with Gasteiger partial charge >= 0.3 is 5.97 Å². The number of benzene rings is 3. The first-order valence-electron chi connectivity index (χ1n) is 10.7. The number of para-hydroxylation sites is 3. The van der Waals surface area contributed by atoms with E-state index >= 15 is 0 Å². The summed E-state index contributed by atoms with van der Waals surface area (Å²) in [6, 6.07) is 26.4. The normalized spacial score (nSPS) is 16.8. The van der Waals surface area contributed by atoms with Crippen LogP contribution in [0.25, 0.3) is 0 Å². The number of alkyl halides is 1. The second kappa shape index (κ2) is 10.1. The van der Waals surface area contributed by atoms with Crippen LogP contribution in [0, 0.1) is 0 Å². The van der Waals surface area contributed by atoms with Gasteiger partial charge in [0, 0.05) is 6.42 Å². The molecular weight excluding hydrogens is 486 g/mol. The van der Waals surface area contributed by atoms with Crippen molar-refractivity contribution in [2.75, 3.05) is 0 Å². The van der Waals surface area contributed by atoms with Gasteiger partial charge in [-0.3, -0.25) is 14.5 Å². The molecule has 170 valence electrons. The lowest BCUT2D eigenvalue weighted by atomic mass is 10.1. The summed E-state index contributed by atoms with van der Waals surface area (Å²) in [4.78, 5) is 26.6. The van der Waals surface area contributed by atoms with E-state index in [1.54, 1.807) is 43.3 Å². The molecule has 6 nitrogen and oxygen atoms in total. The fourth-order valence-electron chi connectivity index (χ4n) is 3.71. The van der Waals surface area contributed by atoms with Gasteiger partial charge in [-0.15, -0.1) is 0 Å². The molecule has 0 aromatic heterocycles. The highest BCUT2D eigenvalue weighted by Gasteiger charge is 2.57. The van der Waals surface area contributed by atoms with E-state index in [0.717, 1.165) is 0 Å². The smallest absolute Gasteiger partial charge is 0.419 e. The average Bonchev–Trinajstić information content (AvgIpc) is 3.22. The van der Waals surface area contributed by atoms with Crippen molar-refractivity contribution in [3.05, 3.63) is 91.0 Å². The van der Waals surface area contributed by atoms with Gasteiger partial charge in [-0.25, -0.2) is 0 Å². The Morgan fingerprint density at radius 3 is 1.61 bits per heavy atom. The zero-order valence-electron chi connectivity index (χ0n) is 18.1. The molecule has 0 saturated carbocycles. The van der Waals surface area contributed by atoms with Crippen molar-refractivity contribution in [3.63, 3.8) is 0 Å². The number of nitrogens with zero attached hydrogens (tertiary/aromatic N) is 1. The first-order valence-corrected chi connectivity index (χ1v) is 11.6. The molecule has 1 heterocycles. The summed E-state index contributed by atoms with van der Waals surface area (Å²) in [7, 11) is 0. The van der Waals surface area contributed by atoms with Gasteiger partial charge in [0.2, 0.25) is 11.8 Å². The monoisotopic (exact) mass is 509 g/mol. The zero-order valence-corrected chi connectivity index (χ0v) is 19.7. The molecule has 1 aliphatic heterocycles. The molecule has 3 aromatic rings. The Morgan fingerprint density at radius 2 is 1.24 bits per heavy atom. The Bertz CT molecular complexity index is 974. The fraction of sp³-hybridized carbons (Fsp3) is 0.231. The first kappa shape index (κ1) is 22.9. The van der Waals surface area contributed by atoms with Crippen LogP contribution in [0.3, 0.4) is 0 Å². The third-order valence-corrected chi connectivity index (χ3v) is 5.60. The molecule has 0 bridgehead atoms. The van der Waals surface area contributed by atoms with E-state index < -0.39 is 16.8 Å². The summed E-state index contributed by atoms with van der Waals surface area (Å²) < 4.78 is 19.2. The van der Waals surface area contributed by atoms with E-state index in [-0.39, 0.29) is 18.2 Å². The van der Waals surface area contributed by atoms with Crippen LogP contribution in [0.1, 0.15) is 19.8 Å². The van der Waals surface area contributed by atoms with E-state index in [0.29, 0.717) is 23.7 Å². The lowest BCUT2D eigenvalue weighted by Gasteiger charge is -2.40. The number of rotatable bonds is 8. The lowest BCUT2D eigenvalue weighted by molar-refractivity contribution is -0.280. The van der Waals surface area contributed by atoms with Crippen LogP contribution in [0.15, 0.2) is 91.0 Å². The number of likely N-dealkylation sites (tertiary alicyclic amines) is 1. The van der Waals surface area contributed by atoms with Crippen molar-refractivity contribution in [2.45, 2.75) is 36.6 Å². The molecule has 2 amide bonds. The first-order chi connectivity index (χ1) is 16.0. The van der Waals surface area contributed by atoms with E-state index in [2.05, 4.69) is 15.9 Å². The van der Waals surface area contributed by atoms with Crippen LogP contribution in [-0.4, -0.2) is 33.6 Å². The van der Waals surface area contributed by atoms with Crippen molar-refractivity contribution in [1.82, 2.24) is 4.90 Å². The summed E-state index contributed by atoms with van der Waals surface area (Å²) in [5.41, 5.74) is 0. The summed E-state index contributed by atoms with van der Waals surface area (Å²) in [5, 5.41) is 0. The van der Waals surface area contributed by atoms with Crippen LogP contribution in [0.5, 0.6) is 17.2 Å². The highest BCUT2D eigenvalue weighted by molar-refractivity contribution is 9.10. The summed E-state index contributed by atoms with van der Waals surface area (Å²) >= 11 is 3.31. The molecule has 1 unspecified atom stereocenters. The third-order valence-electron chi connectivity index (χ3n) is 5.21. The maximum atomic E-state index is 13.1. The Balaban J connectivity index is 1.85. The minimum absolute atomic E-state index is 0.173. The second-order valence-electron chi connectivity index (χ2n) is 7.62. The minimum atomic E-state index is -1.83. The van der Waals surface area contributed by atoms with Gasteiger partial charge in [-0.05, 0) is 49.7 Å². The van der Waals surface area contributed by atoms with Gasteiger partial charge in [-0.2, -0.15) is 0 Å². The largest absolute Gasteiger partial charge is 0.439 e. The van der Waals surface area contributed by atoms with Crippen molar-refractivity contribution < 1.29 is 23.8 Å². The summed E-state index contributed by atoms with van der Waals surface area (Å²) in [6.45, 7) is 1.68. The summed E-state index contributed by atoms with van der Waals surface area (Å²) in [6.07, 6.45) is 0.489. The molecule has 7 heteroatoms. The predicted molar refractivity (Wildman–Crippen MR) is 127 cm³/mol. The van der Waals surface area contributed by atoms with E-state index in [9.17, 15) is 9.59 Å². The highest BCUT2D eigenvalue weighted by atomic mass is 79.9. The molecule has 0 spiro atoms. The molecule has 3 aromatic carbocycles. The van der Waals surface area contributed by atoms with E-state index in [1.807, 2.05) is 54.6 Å². The van der Waals surface area contributed by atoms with Gasteiger partial charge < -0.3 is 14.2 Å². The molecule has 1 aliphatic rings. The van der Waals surface area contributed by atoms with Gasteiger partial charge in [0.05, 0.1) is 4.83 Å². The van der Waals surface area contributed by atoms with Crippen LogP contribution in [0.2, 0.25) is 0 Å². The number of amides is 2. The lowest BCUT2D eigenvalue weighted by Crippen LogP contribution is -2.63. The molecule has 1 saturated heterocycles. The predicted octanol–water partition coefficient (Wildman–Crippen LogP) is 5.18. The number of carbonyl (C=O) groups is 2. The van der Waals surface area contributed by atoms with Crippen molar-refractivity contribution >= 4 is 27.7 Å². The average molecular weight is 510 g/mol. The topological polar surface area (TPSA) is 65.1 Å². The standard InChI is InChI=1S/C26H24BrNO5/c1-19(27)25(30)28-23(17-18-24(28)29)26(31-20-11-5-2-6-12-20,32-21-13-7-3-8-14-21)33-22-15-9-4-10-16-22/h2-16,19,23H,17-18H2,1H3/t19?,23-/m1/s1. The molecular formula is C26H24BrNO5. The zero-order chi connectivity index (χ0) is 23.3. The second-order valence-corrected chi connectivity index (χ2v) is 8.99.